The zero-order valence-corrected chi connectivity index (χ0v) is 9.36. The molecule has 1 atom stereocenters. The molecule has 0 radical (unpaired) electrons. The summed E-state index contributed by atoms with van der Waals surface area (Å²) in [7, 11) is 0. The van der Waals surface area contributed by atoms with Gasteiger partial charge >= 0.3 is 5.97 Å². The highest BCUT2D eigenvalue weighted by atomic mass is 16.4. The van der Waals surface area contributed by atoms with E-state index in [0.717, 1.165) is 25.9 Å². The van der Waals surface area contributed by atoms with Crippen molar-refractivity contribution in [1.82, 2.24) is 4.90 Å². The molecule has 0 spiro atoms. The minimum Gasteiger partial charge on any atom is -0.480 e. The van der Waals surface area contributed by atoms with E-state index in [4.69, 9.17) is 5.11 Å². The molecular formula is C11H21NO2. The summed E-state index contributed by atoms with van der Waals surface area (Å²) in [6.07, 6.45) is 1.72. The number of rotatable bonds is 5. The van der Waals surface area contributed by atoms with Gasteiger partial charge in [0.15, 0.2) is 0 Å². The molecule has 0 bridgehead atoms. The number of aliphatic carboxylic acids is 1. The van der Waals surface area contributed by atoms with E-state index < -0.39 is 5.97 Å². The van der Waals surface area contributed by atoms with Gasteiger partial charge in [-0.15, -0.1) is 0 Å². The molecular weight excluding hydrogens is 178 g/mol. The maximum absolute atomic E-state index is 11.0. The van der Waals surface area contributed by atoms with Crippen molar-refractivity contribution in [3.8, 4) is 0 Å². The molecule has 0 aromatic rings. The van der Waals surface area contributed by atoms with Crippen molar-refractivity contribution in [2.45, 2.75) is 39.7 Å². The molecule has 1 aliphatic heterocycles. The van der Waals surface area contributed by atoms with Crippen LogP contribution in [0.3, 0.4) is 0 Å². The minimum atomic E-state index is -0.658. The van der Waals surface area contributed by atoms with Crippen LogP contribution < -0.4 is 0 Å². The van der Waals surface area contributed by atoms with Gasteiger partial charge in [0.2, 0.25) is 0 Å². The lowest BCUT2D eigenvalue weighted by molar-refractivity contribution is -0.147. The van der Waals surface area contributed by atoms with Crippen LogP contribution in [0.15, 0.2) is 0 Å². The van der Waals surface area contributed by atoms with Crippen molar-refractivity contribution < 1.29 is 9.90 Å². The van der Waals surface area contributed by atoms with Crippen LogP contribution in [0.5, 0.6) is 0 Å². The van der Waals surface area contributed by atoms with E-state index in [-0.39, 0.29) is 6.04 Å². The third kappa shape index (κ3) is 2.47. The maximum atomic E-state index is 11.0. The van der Waals surface area contributed by atoms with Gasteiger partial charge in [-0.05, 0) is 18.3 Å². The summed E-state index contributed by atoms with van der Waals surface area (Å²) in [4.78, 5) is 13.1. The number of likely N-dealkylation sites (tertiary alicyclic amines) is 1. The number of hydrogen-bond acceptors (Lipinski definition) is 2. The smallest absolute Gasteiger partial charge is 0.320 e. The van der Waals surface area contributed by atoms with Crippen LogP contribution in [0, 0.1) is 11.8 Å². The van der Waals surface area contributed by atoms with Crippen molar-refractivity contribution in [3.05, 3.63) is 0 Å². The zero-order chi connectivity index (χ0) is 10.7. The Balaban J connectivity index is 2.38. The van der Waals surface area contributed by atoms with Gasteiger partial charge in [-0.3, -0.25) is 9.69 Å². The van der Waals surface area contributed by atoms with E-state index >= 15 is 0 Å². The molecule has 3 heteroatoms. The minimum absolute atomic E-state index is 0.241. The Labute approximate surface area is 86.1 Å². The van der Waals surface area contributed by atoms with E-state index in [0.29, 0.717) is 11.8 Å². The van der Waals surface area contributed by atoms with E-state index in [1.54, 1.807) is 0 Å². The second-order valence-electron chi connectivity index (χ2n) is 4.60. The van der Waals surface area contributed by atoms with Gasteiger partial charge in [0.05, 0.1) is 0 Å². The molecule has 0 aromatic carbocycles. The Morgan fingerprint density at radius 3 is 2.43 bits per heavy atom. The average molecular weight is 199 g/mol. The van der Waals surface area contributed by atoms with Crippen LogP contribution in [-0.4, -0.2) is 35.1 Å². The average Bonchev–Trinajstić information content (AvgIpc) is 1.99. The SMILES string of the molecule is CCCC(C(=O)O)N1CC(C(C)C)C1. The van der Waals surface area contributed by atoms with Gasteiger partial charge in [-0.1, -0.05) is 27.2 Å². The molecule has 0 amide bonds. The fourth-order valence-corrected chi connectivity index (χ4v) is 1.96. The summed E-state index contributed by atoms with van der Waals surface area (Å²) < 4.78 is 0. The molecule has 1 N–H and O–H groups in total. The largest absolute Gasteiger partial charge is 0.480 e. The van der Waals surface area contributed by atoms with Gasteiger partial charge in [-0.25, -0.2) is 0 Å². The summed E-state index contributed by atoms with van der Waals surface area (Å²) >= 11 is 0. The fourth-order valence-electron chi connectivity index (χ4n) is 1.96. The van der Waals surface area contributed by atoms with E-state index in [1.165, 1.54) is 0 Å². The third-order valence-corrected chi connectivity index (χ3v) is 3.17. The second-order valence-corrected chi connectivity index (χ2v) is 4.60. The van der Waals surface area contributed by atoms with Gasteiger partial charge in [0.1, 0.15) is 6.04 Å². The molecule has 14 heavy (non-hydrogen) atoms. The Morgan fingerprint density at radius 1 is 1.50 bits per heavy atom. The van der Waals surface area contributed by atoms with Gasteiger partial charge in [-0.2, -0.15) is 0 Å². The number of carbonyl (C=O) groups is 1. The highest BCUT2D eigenvalue weighted by molar-refractivity contribution is 5.73. The Hall–Kier alpha value is -0.570. The topological polar surface area (TPSA) is 40.5 Å². The van der Waals surface area contributed by atoms with Crippen LogP contribution in [-0.2, 0) is 4.79 Å². The second kappa shape index (κ2) is 4.78. The van der Waals surface area contributed by atoms with Crippen LogP contribution in [0.1, 0.15) is 33.6 Å². The summed E-state index contributed by atoms with van der Waals surface area (Å²) in [5, 5.41) is 9.02. The Bertz CT molecular complexity index is 197. The highest BCUT2D eigenvalue weighted by Crippen LogP contribution is 2.26. The molecule has 0 aliphatic carbocycles. The van der Waals surface area contributed by atoms with Gasteiger partial charge in [0.25, 0.3) is 0 Å². The fraction of sp³-hybridized carbons (Fsp3) is 0.909. The molecule has 3 nitrogen and oxygen atoms in total. The molecule has 0 saturated carbocycles. The molecule has 1 aliphatic rings. The summed E-state index contributed by atoms with van der Waals surface area (Å²) in [6.45, 7) is 8.38. The van der Waals surface area contributed by atoms with Gasteiger partial charge in [0, 0.05) is 13.1 Å². The van der Waals surface area contributed by atoms with E-state index in [1.807, 2.05) is 6.92 Å². The first-order valence-corrected chi connectivity index (χ1v) is 5.53. The third-order valence-electron chi connectivity index (χ3n) is 3.17. The first-order chi connectivity index (χ1) is 6.56. The summed E-state index contributed by atoms with van der Waals surface area (Å²) in [6, 6.07) is -0.241. The number of hydrogen-bond donors (Lipinski definition) is 1. The molecule has 1 saturated heterocycles. The van der Waals surface area contributed by atoms with E-state index in [9.17, 15) is 4.79 Å². The molecule has 1 fully saturated rings. The molecule has 1 rings (SSSR count). The molecule has 82 valence electrons. The highest BCUT2D eigenvalue weighted by Gasteiger charge is 2.36. The van der Waals surface area contributed by atoms with Crippen LogP contribution in [0.2, 0.25) is 0 Å². The van der Waals surface area contributed by atoms with Crippen molar-refractivity contribution in [3.63, 3.8) is 0 Å². The molecule has 0 aromatic heterocycles. The summed E-state index contributed by atoms with van der Waals surface area (Å²) in [5.41, 5.74) is 0. The summed E-state index contributed by atoms with van der Waals surface area (Å²) in [5.74, 6) is 0.727. The normalized spacial score (nSPS) is 20.9. The lowest BCUT2D eigenvalue weighted by Crippen LogP contribution is -2.56. The quantitative estimate of drug-likeness (QED) is 0.734. The standard InChI is InChI=1S/C11H21NO2/c1-4-5-10(11(13)14)12-6-9(7-12)8(2)3/h8-10H,4-7H2,1-3H3,(H,13,14). The van der Waals surface area contributed by atoms with Crippen LogP contribution >= 0.6 is 0 Å². The number of carboxylic acid groups (broad SMARTS) is 1. The van der Waals surface area contributed by atoms with Crippen molar-refractivity contribution in [1.29, 1.82) is 0 Å². The van der Waals surface area contributed by atoms with Crippen molar-refractivity contribution in [2.75, 3.05) is 13.1 Å². The lowest BCUT2D eigenvalue weighted by Gasteiger charge is -2.44. The number of nitrogens with zero attached hydrogens (tertiary/aromatic N) is 1. The molecule has 1 heterocycles. The lowest BCUT2D eigenvalue weighted by atomic mass is 9.86. The Kier molecular flexibility index (Phi) is 3.93. The van der Waals surface area contributed by atoms with Crippen molar-refractivity contribution in [2.24, 2.45) is 11.8 Å². The van der Waals surface area contributed by atoms with Gasteiger partial charge < -0.3 is 5.11 Å². The Morgan fingerprint density at radius 2 is 2.07 bits per heavy atom. The van der Waals surface area contributed by atoms with E-state index in [2.05, 4.69) is 18.7 Å². The van der Waals surface area contributed by atoms with Crippen LogP contribution in [0.4, 0.5) is 0 Å². The predicted octanol–water partition coefficient (Wildman–Crippen LogP) is 1.83. The first-order valence-electron chi connectivity index (χ1n) is 5.53. The maximum Gasteiger partial charge on any atom is 0.320 e. The van der Waals surface area contributed by atoms with Crippen LogP contribution in [0.25, 0.3) is 0 Å². The monoisotopic (exact) mass is 199 g/mol. The first kappa shape index (κ1) is 11.5. The zero-order valence-electron chi connectivity index (χ0n) is 9.36. The number of carboxylic acids is 1. The molecule has 1 unspecified atom stereocenters. The predicted molar refractivity (Wildman–Crippen MR) is 56.2 cm³/mol. The van der Waals surface area contributed by atoms with Crippen molar-refractivity contribution >= 4 is 5.97 Å².